The number of benzene rings is 2. The largest absolute Gasteiger partial charge is 0.466 e. The molecule has 3 aromatic rings. The zero-order chi connectivity index (χ0) is 27.7. The molecule has 0 unspecified atom stereocenters. The fourth-order valence-corrected chi connectivity index (χ4v) is 6.22. The molecule has 0 fully saturated rings. The van der Waals surface area contributed by atoms with Crippen LogP contribution in [-0.4, -0.2) is 43.9 Å². The van der Waals surface area contributed by atoms with Crippen LogP contribution in [0, 0.1) is 0 Å². The van der Waals surface area contributed by atoms with Crippen molar-refractivity contribution in [1.29, 1.82) is 0 Å². The summed E-state index contributed by atoms with van der Waals surface area (Å²) in [7, 11) is -3.69. The number of para-hydroxylation sites is 1. The minimum atomic E-state index is -3.69. The van der Waals surface area contributed by atoms with Gasteiger partial charge in [0, 0.05) is 41.0 Å². The zero-order valence-corrected chi connectivity index (χ0v) is 22.6. The molecule has 0 atom stereocenters. The Morgan fingerprint density at radius 2 is 1.85 bits per heavy atom. The molecule has 2 aromatic carbocycles. The van der Waals surface area contributed by atoms with Crippen LogP contribution in [0.3, 0.4) is 0 Å². The molecule has 2 heterocycles. The summed E-state index contributed by atoms with van der Waals surface area (Å²) in [5, 5.41) is 2.84. The van der Waals surface area contributed by atoms with Gasteiger partial charge in [-0.2, -0.15) is 0 Å². The number of nitrogens with zero attached hydrogens (tertiary/aromatic N) is 1. The summed E-state index contributed by atoms with van der Waals surface area (Å²) in [6.45, 7) is 2.01. The third kappa shape index (κ3) is 5.24. The fraction of sp³-hybridized carbons (Fsp3) is 0.276. The second kappa shape index (κ2) is 10.5. The molecule has 0 bridgehead atoms. The van der Waals surface area contributed by atoms with Gasteiger partial charge in [-0.3, -0.25) is 14.4 Å². The fourth-order valence-electron chi connectivity index (χ4n) is 5.22. The number of anilines is 3. The van der Waals surface area contributed by atoms with Gasteiger partial charge in [-0.05, 0) is 68.2 Å². The van der Waals surface area contributed by atoms with Crippen LogP contribution in [0.25, 0.3) is 11.6 Å². The summed E-state index contributed by atoms with van der Waals surface area (Å²) in [4.78, 5) is 41.4. The Kier molecular flexibility index (Phi) is 7.14. The summed E-state index contributed by atoms with van der Waals surface area (Å²) >= 11 is 0. The molecular formula is C29H29N3O6S. The number of aromatic amines is 1. The number of ketones is 1. The highest BCUT2D eigenvalue weighted by molar-refractivity contribution is 7.92. The Bertz CT molecular complexity index is 1610. The Morgan fingerprint density at radius 1 is 1.08 bits per heavy atom. The minimum Gasteiger partial charge on any atom is -0.466 e. The van der Waals surface area contributed by atoms with Crippen LogP contribution in [0.2, 0.25) is 0 Å². The number of fused-ring (bicyclic) bond motifs is 2. The van der Waals surface area contributed by atoms with E-state index < -0.39 is 10.0 Å². The molecule has 2 N–H and O–H groups in total. The predicted octanol–water partition coefficient (Wildman–Crippen LogP) is 4.62. The maximum atomic E-state index is 13.1. The van der Waals surface area contributed by atoms with E-state index in [4.69, 9.17) is 4.74 Å². The molecule has 0 saturated heterocycles. The first-order valence-corrected chi connectivity index (χ1v) is 14.7. The van der Waals surface area contributed by atoms with Crippen LogP contribution in [0.15, 0.2) is 48.5 Å². The third-order valence-electron chi connectivity index (χ3n) is 6.84. The van der Waals surface area contributed by atoms with Gasteiger partial charge < -0.3 is 15.0 Å². The van der Waals surface area contributed by atoms with Crippen molar-refractivity contribution in [3.05, 3.63) is 76.6 Å². The van der Waals surface area contributed by atoms with Gasteiger partial charge in [0.2, 0.25) is 10.0 Å². The van der Waals surface area contributed by atoms with Crippen LogP contribution in [0.4, 0.5) is 17.1 Å². The van der Waals surface area contributed by atoms with Crippen LogP contribution >= 0.6 is 0 Å². The molecule has 10 heteroatoms. The number of nitrogens with one attached hydrogen (secondary N) is 2. The summed E-state index contributed by atoms with van der Waals surface area (Å²) < 4.78 is 31.9. The van der Waals surface area contributed by atoms with Gasteiger partial charge in [-0.15, -0.1) is 0 Å². The molecule has 9 nitrogen and oxygen atoms in total. The van der Waals surface area contributed by atoms with Crippen LogP contribution in [0.1, 0.15) is 59.1 Å². The SMILES string of the molecule is CCOC(=O)CCc1c(C=C2C(=O)Nc3ccc(N(c4ccccc4)S(C)(=O)=O)cc32)[nH]c2c1C(=O)CCC2. The minimum absolute atomic E-state index is 0.0150. The molecule has 0 saturated carbocycles. The number of Topliss-reactive ketones (excluding diaryl/α,β-unsaturated/α-hetero) is 1. The number of esters is 1. The number of carbonyl (C=O) groups is 3. The van der Waals surface area contributed by atoms with Crippen LogP contribution in [-0.2, 0) is 37.2 Å². The second-order valence-electron chi connectivity index (χ2n) is 9.56. The lowest BCUT2D eigenvalue weighted by Gasteiger charge is -2.23. The first-order chi connectivity index (χ1) is 18.7. The van der Waals surface area contributed by atoms with Gasteiger partial charge in [0.25, 0.3) is 5.91 Å². The normalized spacial score (nSPS) is 15.6. The number of hydrogen-bond acceptors (Lipinski definition) is 6. The Balaban J connectivity index is 1.59. The molecule has 1 amide bonds. The molecule has 1 aliphatic heterocycles. The summed E-state index contributed by atoms with van der Waals surface area (Å²) in [6.07, 6.45) is 5.07. The van der Waals surface area contributed by atoms with E-state index in [-0.39, 0.29) is 30.7 Å². The molecule has 0 spiro atoms. The van der Waals surface area contributed by atoms with E-state index in [1.807, 2.05) is 0 Å². The Labute approximate surface area is 226 Å². The highest BCUT2D eigenvalue weighted by Gasteiger charge is 2.30. The maximum absolute atomic E-state index is 13.1. The molecule has 202 valence electrons. The van der Waals surface area contributed by atoms with Crippen molar-refractivity contribution in [3.63, 3.8) is 0 Å². The van der Waals surface area contributed by atoms with Gasteiger partial charge in [0.05, 0.1) is 29.8 Å². The maximum Gasteiger partial charge on any atom is 0.306 e. The number of carbonyl (C=O) groups excluding carboxylic acids is 3. The van der Waals surface area contributed by atoms with Crippen LogP contribution < -0.4 is 9.62 Å². The predicted molar refractivity (Wildman–Crippen MR) is 149 cm³/mol. The standard InChI is InChI=1S/C29H29N3O6S/c1-3-38-27(34)15-13-20-25(30-24-10-7-11-26(33)28(20)24)17-22-21-16-19(12-14-23(21)31-29(22)35)32(39(2,36)37)18-8-5-4-6-9-18/h4-6,8-9,12,14,16-17,30H,3,7,10-11,13,15H2,1-2H3,(H,31,35). The summed E-state index contributed by atoms with van der Waals surface area (Å²) in [5.74, 6) is -0.686. The average molecular weight is 548 g/mol. The van der Waals surface area contributed by atoms with E-state index in [1.54, 1.807) is 61.5 Å². The molecule has 0 radical (unpaired) electrons. The highest BCUT2D eigenvalue weighted by Crippen LogP contribution is 2.39. The molecule has 5 rings (SSSR count). The van der Waals surface area contributed by atoms with Crippen molar-refractivity contribution < 1.29 is 27.5 Å². The van der Waals surface area contributed by atoms with E-state index in [2.05, 4.69) is 10.3 Å². The first-order valence-electron chi connectivity index (χ1n) is 12.8. The van der Waals surface area contributed by atoms with Crippen molar-refractivity contribution in [1.82, 2.24) is 4.98 Å². The van der Waals surface area contributed by atoms with Gasteiger partial charge in [0.1, 0.15) is 0 Å². The van der Waals surface area contributed by atoms with Gasteiger partial charge in [0.15, 0.2) is 5.78 Å². The number of H-pyrrole nitrogens is 1. The number of aromatic nitrogens is 1. The second-order valence-corrected chi connectivity index (χ2v) is 11.4. The quantitative estimate of drug-likeness (QED) is 0.313. The van der Waals surface area contributed by atoms with E-state index in [9.17, 15) is 22.8 Å². The Morgan fingerprint density at radius 3 is 2.56 bits per heavy atom. The van der Waals surface area contributed by atoms with E-state index in [0.717, 1.165) is 18.4 Å². The molecule has 1 aliphatic carbocycles. The van der Waals surface area contributed by atoms with Crippen molar-refractivity contribution in [2.75, 3.05) is 22.5 Å². The molecular weight excluding hydrogens is 518 g/mol. The van der Waals surface area contributed by atoms with Crippen molar-refractivity contribution in [3.8, 4) is 0 Å². The van der Waals surface area contributed by atoms with Gasteiger partial charge in [-0.1, -0.05) is 18.2 Å². The van der Waals surface area contributed by atoms with Gasteiger partial charge in [-0.25, -0.2) is 12.7 Å². The van der Waals surface area contributed by atoms with E-state index >= 15 is 0 Å². The summed E-state index contributed by atoms with van der Waals surface area (Å²) in [6, 6.07) is 13.7. The topological polar surface area (TPSA) is 126 Å². The smallest absolute Gasteiger partial charge is 0.306 e. The van der Waals surface area contributed by atoms with Crippen LogP contribution in [0.5, 0.6) is 0 Å². The monoisotopic (exact) mass is 547 g/mol. The van der Waals surface area contributed by atoms with E-state index in [0.29, 0.717) is 64.3 Å². The van der Waals surface area contributed by atoms with Crippen molar-refractivity contribution >= 4 is 56.4 Å². The molecule has 1 aromatic heterocycles. The van der Waals surface area contributed by atoms with Crippen molar-refractivity contribution in [2.45, 2.75) is 39.0 Å². The number of sulfonamides is 1. The van der Waals surface area contributed by atoms with Crippen molar-refractivity contribution in [2.24, 2.45) is 0 Å². The van der Waals surface area contributed by atoms with Gasteiger partial charge >= 0.3 is 5.97 Å². The number of ether oxygens (including phenoxy) is 1. The zero-order valence-electron chi connectivity index (χ0n) is 21.7. The number of amides is 1. The number of rotatable bonds is 8. The summed E-state index contributed by atoms with van der Waals surface area (Å²) in [5.41, 5.74) is 4.95. The first kappa shape index (κ1) is 26.4. The molecule has 2 aliphatic rings. The number of aryl methyl sites for hydroxylation is 1. The lowest BCUT2D eigenvalue weighted by molar-refractivity contribution is -0.143. The lowest BCUT2D eigenvalue weighted by atomic mass is 9.91. The Hall–Kier alpha value is -4.18. The molecule has 39 heavy (non-hydrogen) atoms. The van der Waals surface area contributed by atoms with E-state index in [1.165, 1.54) is 4.31 Å². The average Bonchev–Trinajstić information content (AvgIpc) is 3.40. The third-order valence-corrected chi connectivity index (χ3v) is 7.92. The lowest BCUT2D eigenvalue weighted by Crippen LogP contribution is -2.24. The number of hydrogen-bond donors (Lipinski definition) is 2. The highest BCUT2D eigenvalue weighted by atomic mass is 32.2.